The minimum Gasteiger partial charge on any atom is -0.453 e. The molecule has 10 heteroatoms. The molecule has 3 amide bonds. The van der Waals surface area contributed by atoms with Crippen LogP contribution in [0.4, 0.5) is 14.0 Å². The second kappa shape index (κ2) is 15.9. The topological polar surface area (TPSA) is 112 Å². The predicted octanol–water partition coefficient (Wildman–Crippen LogP) is 3.58. The molecular formula is C28H45FN4O5. The molecule has 1 aromatic carbocycles. The molecule has 1 aliphatic carbocycles. The molecule has 0 radical (unpaired) electrons. The number of likely N-dealkylation sites (tertiary alicyclic amines) is 1. The smallest absolute Gasteiger partial charge is 0.406 e. The van der Waals surface area contributed by atoms with Gasteiger partial charge in [0.25, 0.3) is 0 Å². The highest BCUT2D eigenvalue weighted by atomic mass is 19.1. The second-order valence-electron chi connectivity index (χ2n) is 10.5. The van der Waals surface area contributed by atoms with Crippen molar-refractivity contribution in [1.29, 1.82) is 0 Å². The number of hydrogen-bond acceptors (Lipinski definition) is 6. The van der Waals surface area contributed by atoms with Crippen molar-refractivity contribution in [3.05, 3.63) is 35.6 Å². The average Bonchev–Trinajstić information content (AvgIpc) is 2.93. The third kappa shape index (κ3) is 9.39. The zero-order valence-corrected chi connectivity index (χ0v) is 22.8. The summed E-state index contributed by atoms with van der Waals surface area (Å²) >= 11 is 0. The maximum atomic E-state index is 14.1. The van der Waals surface area contributed by atoms with E-state index in [0.29, 0.717) is 31.1 Å². The maximum Gasteiger partial charge on any atom is 0.406 e. The van der Waals surface area contributed by atoms with Gasteiger partial charge in [-0.2, -0.15) is 0 Å². The first-order chi connectivity index (χ1) is 18.4. The van der Waals surface area contributed by atoms with Crippen molar-refractivity contribution < 1.29 is 28.6 Å². The molecule has 1 saturated carbocycles. The van der Waals surface area contributed by atoms with Crippen molar-refractivity contribution in [3.63, 3.8) is 0 Å². The number of halogens is 1. The molecule has 4 atom stereocenters. The number of nitrogens with one attached hydrogen (secondary N) is 3. The molecule has 3 rings (SSSR count). The van der Waals surface area contributed by atoms with Crippen LogP contribution in [0.25, 0.3) is 0 Å². The quantitative estimate of drug-likeness (QED) is 0.304. The van der Waals surface area contributed by atoms with E-state index in [0.717, 1.165) is 32.1 Å². The molecule has 0 spiro atoms. The minimum absolute atomic E-state index is 0.0477. The van der Waals surface area contributed by atoms with Crippen molar-refractivity contribution in [2.75, 3.05) is 46.9 Å². The SMILES string of the molecule is CNCC(O)C(CC1CCCCC1)NC(=O)N1CCCC(C(OCCNC(=O)OC)c2cccc(F)c2)C1. The van der Waals surface area contributed by atoms with Crippen LogP contribution in [0.5, 0.6) is 0 Å². The number of rotatable bonds is 12. The van der Waals surface area contributed by atoms with Crippen LogP contribution in [0.1, 0.15) is 63.0 Å². The first-order valence-corrected chi connectivity index (χ1v) is 14.0. The highest BCUT2D eigenvalue weighted by Crippen LogP contribution is 2.33. The fourth-order valence-electron chi connectivity index (χ4n) is 5.74. The van der Waals surface area contributed by atoms with E-state index in [4.69, 9.17) is 4.74 Å². The number of urea groups is 1. The van der Waals surface area contributed by atoms with Gasteiger partial charge in [0.1, 0.15) is 5.82 Å². The Hall–Kier alpha value is -2.43. The van der Waals surface area contributed by atoms with E-state index >= 15 is 0 Å². The van der Waals surface area contributed by atoms with Crippen LogP contribution in [0.15, 0.2) is 24.3 Å². The molecule has 4 N–H and O–H groups in total. The third-order valence-electron chi connectivity index (χ3n) is 7.70. The molecule has 4 unspecified atom stereocenters. The number of aliphatic hydroxyl groups is 1. The van der Waals surface area contributed by atoms with Gasteiger partial charge in [0.2, 0.25) is 0 Å². The average molecular weight is 537 g/mol. The normalized spacial score (nSPS) is 20.8. The molecule has 38 heavy (non-hydrogen) atoms. The molecule has 9 nitrogen and oxygen atoms in total. The van der Waals surface area contributed by atoms with Gasteiger partial charge in [-0.05, 0) is 49.9 Å². The number of amides is 3. The summed E-state index contributed by atoms with van der Waals surface area (Å²) in [5.74, 6) is 0.116. The number of carbonyl (C=O) groups excluding carboxylic acids is 2. The molecule has 2 fully saturated rings. The predicted molar refractivity (Wildman–Crippen MR) is 143 cm³/mol. The number of nitrogens with zero attached hydrogens (tertiary/aromatic N) is 1. The Bertz CT molecular complexity index is 869. The van der Waals surface area contributed by atoms with E-state index in [1.165, 1.54) is 38.5 Å². The zero-order valence-electron chi connectivity index (χ0n) is 22.8. The van der Waals surface area contributed by atoms with E-state index in [9.17, 15) is 19.1 Å². The summed E-state index contributed by atoms with van der Waals surface area (Å²) < 4.78 is 24.8. The van der Waals surface area contributed by atoms with Crippen LogP contribution in [0.2, 0.25) is 0 Å². The Morgan fingerprint density at radius 1 is 1.18 bits per heavy atom. The van der Waals surface area contributed by atoms with Gasteiger partial charge in [-0.15, -0.1) is 0 Å². The van der Waals surface area contributed by atoms with E-state index in [2.05, 4.69) is 20.7 Å². The van der Waals surface area contributed by atoms with Gasteiger partial charge >= 0.3 is 12.1 Å². The summed E-state index contributed by atoms with van der Waals surface area (Å²) in [6.07, 6.45) is 6.69. The van der Waals surface area contributed by atoms with Crippen LogP contribution in [-0.4, -0.2) is 81.2 Å². The van der Waals surface area contributed by atoms with Crippen molar-refractivity contribution >= 4 is 12.1 Å². The van der Waals surface area contributed by atoms with Gasteiger partial charge in [0.15, 0.2) is 0 Å². The van der Waals surface area contributed by atoms with Gasteiger partial charge in [0.05, 0.1) is 32.0 Å². The zero-order chi connectivity index (χ0) is 27.3. The van der Waals surface area contributed by atoms with Gasteiger partial charge in [-0.25, -0.2) is 14.0 Å². The number of benzene rings is 1. The van der Waals surface area contributed by atoms with Crippen LogP contribution in [0.3, 0.4) is 0 Å². The van der Waals surface area contributed by atoms with E-state index in [1.807, 2.05) is 6.07 Å². The molecule has 214 valence electrons. The summed E-state index contributed by atoms with van der Waals surface area (Å²) in [6.45, 7) is 1.95. The Morgan fingerprint density at radius 3 is 2.68 bits per heavy atom. The standard InChI is InChI=1S/C28H45FN4O5/c1-30-18-25(34)24(16-20-8-4-3-5-9-20)32-27(35)33-14-7-11-22(19-33)26(21-10-6-12-23(29)17-21)38-15-13-31-28(36)37-2/h6,10,12,17,20,22,24-26,30,34H,3-5,7-9,11,13-16,18-19H2,1-2H3,(H,31,36)(H,32,35). The Kier molecular flexibility index (Phi) is 12.6. The number of alkyl carbamates (subject to hydrolysis) is 1. The molecule has 1 heterocycles. The van der Waals surface area contributed by atoms with E-state index < -0.39 is 18.3 Å². The molecular weight excluding hydrogens is 491 g/mol. The summed E-state index contributed by atoms with van der Waals surface area (Å²) in [6, 6.07) is 5.83. The molecule has 1 saturated heterocycles. The number of aliphatic hydroxyl groups excluding tert-OH is 1. The first-order valence-electron chi connectivity index (χ1n) is 14.0. The number of ether oxygens (including phenoxy) is 2. The second-order valence-corrected chi connectivity index (χ2v) is 10.5. The lowest BCUT2D eigenvalue weighted by atomic mass is 9.83. The fourth-order valence-corrected chi connectivity index (χ4v) is 5.74. The monoisotopic (exact) mass is 536 g/mol. The number of likely N-dealkylation sites (N-methyl/N-ethyl adjacent to an activating group) is 1. The van der Waals surface area contributed by atoms with Crippen molar-refractivity contribution in [2.24, 2.45) is 11.8 Å². The Labute approximate surface area is 225 Å². The summed E-state index contributed by atoms with van der Waals surface area (Å²) in [4.78, 5) is 26.6. The van der Waals surface area contributed by atoms with Gasteiger partial charge in [-0.3, -0.25) is 0 Å². The molecule has 0 aromatic heterocycles. The van der Waals surface area contributed by atoms with Crippen LogP contribution in [-0.2, 0) is 9.47 Å². The third-order valence-corrected chi connectivity index (χ3v) is 7.70. The number of carbonyl (C=O) groups is 2. The Balaban J connectivity index is 1.66. The van der Waals surface area contributed by atoms with Gasteiger partial charge < -0.3 is 35.4 Å². The number of hydrogen-bond donors (Lipinski definition) is 4. The van der Waals surface area contributed by atoms with Crippen molar-refractivity contribution in [3.8, 4) is 0 Å². The van der Waals surface area contributed by atoms with Gasteiger partial charge in [-0.1, -0.05) is 44.2 Å². The van der Waals surface area contributed by atoms with Crippen molar-refractivity contribution in [2.45, 2.75) is 69.6 Å². The first kappa shape index (κ1) is 30.1. The van der Waals surface area contributed by atoms with Gasteiger partial charge in [0, 0.05) is 32.1 Å². The lowest BCUT2D eigenvalue weighted by molar-refractivity contribution is -0.00920. The molecule has 1 aliphatic heterocycles. The Morgan fingerprint density at radius 2 is 1.97 bits per heavy atom. The van der Waals surface area contributed by atoms with Crippen LogP contribution in [0, 0.1) is 17.7 Å². The molecule has 1 aromatic rings. The van der Waals surface area contributed by atoms with Crippen LogP contribution >= 0.6 is 0 Å². The summed E-state index contributed by atoms with van der Waals surface area (Å²) in [5, 5.41) is 19.5. The lowest BCUT2D eigenvalue weighted by Gasteiger charge is -2.38. The highest BCUT2D eigenvalue weighted by molar-refractivity contribution is 5.74. The highest BCUT2D eigenvalue weighted by Gasteiger charge is 2.33. The molecule has 0 bridgehead atoms. The minimum atomic E-state index is -0.669. The lowest BCUT2D eigenvalue weighted by Crippen LogP contribution is -2.54. The number of piperidine rings is 1. The van der Waals surface area contributed by atoms with Crippen molar-refractivity contribution in [1.82, 2.24) is 20.9 Å². The summed E-state index contributed by atoms with van der Waals surface area (Å²) in [7, 11) is 3.09. The largest absolute Gasteiger partial charge is 0.453 e. The van der Waals surface area contributed by atoms with E-state index in [-0.39, 0.29) is 37.0 Å². The molecule has 2 aliphatic rings. The fraction of sp³-hybridized carbons (Fsp3) is 0.714. The van der Waals surface area contributed by atoms with E-state index in [1.54, 1.807) is 18.0 Å². The number of methoxy groups -OCH3 is 1. The maximum absolute atomic E-state index is 14.1. The summed E-state index contributed by atoms with van der Waals surface area (Å²) in [5.41, 5.74) is 0.704. The van der Waals surface area contributed by atoms with Crippen LogP contribution < -0.4 is 16.0 Å².